The molecular formula is C11H13BrN2O3. The van der Waals surface area contributed by atoms with Crippen molar-refractivity contribution in [2.24, 2.45) is 0 Å². The van der Waals surface area contributed by atoms with E-state index in [4.69, 9.17) is 15.6 Å². The van der Waals surface area contributed by atoms with Gasteiger partial charge in [0.05, 0.1) is 6.54 Å². The van der Waals surface area contributed by atoms with Crippen LogP contribution in [0.1, 0.15) is 6.42 Å². The van der Waals surface area contributed by atoms with Crippen LogP contribution in [0.2, 0.25) is 0 Å². The molecule has 1 aliphatic heterocycles. The molecule has 0 aliphatic carbocycles. The summed E-state index contributed by atoms with van der Waals surface area (Å²) in [6.07, 6.45) is -0.259. The molecule has 1 aromatic rings. The van der Waals surface area contributed by atoms with E-state index in [0.717, 1.165) is 4.47 Å². The van der Waals surface area contributed by atoms with Gasteiger partial charge in [0.2, 0.25) is 0 Å². The molecule has 1 aromatic carbocycles. The van der Waals surface area contributed by atoms with E-state index in [1.54, 1.807) is 18.2 Å². The van der Waals surface area contributed by atoms with Crippen LogP contribution in [-0.4, -0.2) is 35.3 Å². The molecule has 1 aliphatic rings. The third-order valence-electron chi connectivity index (χ3n) is 2.69. The van der Waals surface area contributed by atoms with E-state index in [0.29, 0.717) is 30.9 Å². The molecule has 17 heavy (non-hydrogen) atoms. The number of hydrogen-bond acceptors (Lipinski definition) is 3. The predicted octanol–water partition coefficient (Wildman–Crippen LogP) is 2.16. The highest BCUT2D eigenvalue weighted by molar-refractivity contribution is 9.10. The average molecular weight is 301 g/mol. The molecule has 6 heteroatoms. The zero-order chi connectivity index (χ0) is 12.4. The summed E-state index contributed by atoms with van der Waals surface area (Å²) < 4.78 is 6.48. The largest absolute Gasteiger partial charge is 0.488 e. The van der Waals surface area contributed by atoms with Gasteiger partial charge in [-0.2, -0.15) is 0 Å². The van der Waals surface area contributed by atoms with Crippen molar-refractivity contribution in [1.82, 2.24) is 4.90 Å². The lowest BCUT2D eigenvalue weighted by Gasteiger charge is -2.15. The van der Waals surface area contributed by atoms with Crippen LogP contribution in [0.15, 0.2) is 22.7 Å². The lowest BCUT2D eigenvalue weighted by Crippen LogP contribution is -2.29. The summed E-state index contributed by atoms with van der Waals surface area (Å²) in [5.41, 5.74) is 6.32. The Morgan fingerprint density at radius 3 is 2.94 bits per heavy atom. The summed E-state index contributed by atoms with van der Waals surface area (Å²) >= 11 is 3.32. The molecule has 0 spiro atoms. The maximum absolute atomic E-state index is 10.7. The van der Waals surface area contributed by atoms with Crippen LogP contribution in [0.5, 0.6) is 5.75 Å². The fourth-order valence-corrected chi connectivity index (χ4v) is 2.13. The third kappa shape index (κ3) is 2.82. The van der Waals surface area contributed by atoms with E-state index < -0.39 is 6.09 Å². The van der Waals surface area contributed by atoms with Gasteiger partial charge in [0, 0.05) is 23.1 Å². The fourth-order valence-electron chi connectivity index (χ4n) is 1.77. The van der Waals surface area contributed by atoms with E-state index in [9.17, 15) is 4.79 Å². The number of anilines is 1. The van der Waals surface area contributed by atoms with Crippen molar-refractivity contribution in [3.8, 4) is 5.75 Å². The minimum Gasteiger partial charge on any atom is -0.488 e. The molecule has 1 saturated heterocycles. The van der Waals surface area contributed by atoms with Gasteiger partial charge in [-0.15, -0.1) is 0 Å². The van der Waals surface area contributed by atoms with Crippen LogP contribution in [0.25, 0.3) is 0 Å². The van der Waals surface area contributed by atoms with Gasteiger partial charge in [0.25, 0.3) is 0 Å². The van der Waals surface area contributed by atoms with Gasteiger partial charge < -0.3 is 20.5 Å². The Morgan fingerprint density at radius 1 is 1.59 bits per heavy atom. The lowest BCUT2D eigenvalue weighted by atomic mass is 10.3. The normalized spacial score (nSPS) is 19.4. The monoisotopic (exact) mass is 300 g/mol. The Labute approximate surface area is 107 Å². The number of ether oxygens (including phenoxy) is 1. The summed E-state index contributed by atoms with van der Waals surface area (Å²) in [7, 11) is 0. The van der Waals surface area contributed by atoms with Crippen molar-refractivity contribution in [3.63, 3.8) is 0 Å². The molecule has 2 rings (SSSR count). The lowest BCUT2D eigenvalue weighted by molar-refractivity contribution is 0.145. The first-order valence-corrected chi connectivity index (χ1v) is 6.05. The van der Waals surface area contributed by atoms with Gasteiger partial charge in [-0.1, -0.05) is 0 Å². The number of halogens is 1. The minimum atomic E-state index is -0.894. The number of hydrogen-bond donors (Lipinski definition) is 2. The number of nitrogen functional groups attached to an aromatic ring is 1. The van der Waals surface area contributed by atoms with Crippen molar-refractivity contribution in [2.75, 3.05) is 18.8 Å². The van der Waals surface area contributed by atoms with Crippen LogP contribution in [0, 0.1) is 0 Å². The summed E-state index contributed by atoms with van der Waals surface area (Å²) in [5.74, 6) is 0.698. The molecule has 1 unspecified atom stereocenters. The molecule has 0 radical (unpaired) electrons. The molecule has 5 nitrogen and oxygen atoms in total. The quantitative estimate of drug-likeness (QED) is 0.821. The van der Waals surface area contributed by atoms with Crippen LogP contribution in [0.4, 0.5) is 10.5 Å². The van der Waals surface area contributed by atoms with Gasteiger partial charge in [-0.05, 0) is 34.1 Å². The zero-order valence-electron chi connectivity index (χ0n) is 9.10. The highest BCUT2D eigenvalue weighted by Crippen LogP contribution is 2.26. The average Bonchev–Trinajstić information content (AvgIpc) is 2.72. The highest BCUT2D eigenvalue weighted by Gasteiger charge is 2.27. The molecule has 1 fully saturated rings. The van der Waals surface area contributed by atoms with Crippen molar-refractivity contribution in [2.45, 2.75) is 12.5 Å². The molecule has 1 heterocycles. The standard InChI is InChI=1S/C11H13BrN2O3/c12-9-5-7(1-2-10(9)13)17-8-3-4-14(6-8)11(15)16/h1-2,5,8H,3-4,6,13H2,(H,15,16). The fraction of sp³-hybridized carbons (Fsp3) is 0.364. The summed E-state index contributed by atoms with van der Waals surface area (Å²) in [4.78, 5) is 12.1. The van der Waals surface area contributed by atoms with Crippen molar-refractivity contribution < 1.29 is 14.6 Å². The number of amides is 1. The molecule has 0 aromatic heterocycles. The Balaban J connectivity index is 1.98. The molecule has 1 amide bonds. The van der Waals surface area contributed by atoms with E-state index in [1.165, 1.54) is 4.90 Å². The number of nitrogens with zero attached hydrogens (tertiary/aromatic N) is 1. The van der Waals surface area contributed by atoms with Gasteiger partial charge in [0.1, 0.15) is 11.9 Å². The molecule has 0 saturated carbocycles. The van der Waals surface area contributed by atoms with Gasteiger partial charge in [-0.25, -0.2) is 4.79 Å². The Morgan fingerprint density at radius 2 is 2.35 bits per heavy atom. The van der Waals surface area contributed by atoms with Crippen LogP contribution in [0.3, 0.4) is 0 Å². The molecule has 0 bridgehead atoms. The molecule has 92 valence electrons. The third-order valence-corrected chi connectivity index (χ3v) is 3.38. The number of benzene rings is 1. The maximum Gasteiger partial charge on any atom is 0.407 e. The number of likely N-dealkylation sites (tertiary alicyclic amines) is 1. The summed E-state index contributed by atoms with van der Waals surface area (Å²) in [5, 5.41) is 8.82. The summed E-state index contributed by atoms with van der Waals surface area (Å²) in [6, 6.07) is 5.33. The molecule has 3 N–H and O–H groups in total. The predicted molar refractivity (Wildman–Crippen MR) is 67.2 cm³/mol. The van der Waals surface area contributed by atoms with Crippen LogP contribution in [-0.2, 0) is 0 Å². The van der Waals surface area contributed by atoms with E-state index in [1.807, 2.05) is 0 Å². The second kappa shape index (κ2) is 4.83. The van der Waals surface area contributed by atoms with Gasteiger partial charge in [0.15, 0.2) is 0 Å². The smallest absolute Gasteiger partial charge is 0.407 e. The number of carboxylic acid groups (broad SMARTS) is 1. The van der Waals surface area contributed by atoms with Gasteiger partial charge in [-0.3, -0.25) is 0 Å². The van der Waals surface area contributed by atoms with Crippen LogP contribution < -0.4 is 10.5 Å². The van der Waals surface area contributed by atoms with Crippen molar-refractivity contribution in [1.29, 1.82) is 0 Å². The first-order chi connectivity index (χ1) is 8.06. The van der Waals surface area contributed by atoms with Crippen molar-refractivity contribution >= 4 is 27.7 Å². The highest BCUT2D eigenvalue weighted by atomic mass is 79.9. The first-order valence-electron chi connectivity index (χ1n) is 5.26. The maximum atomic E-state index is 10.7. The second-order valence-corrected chi connectivity index (χ2v) is 4.79. The molecule has 1 atom stereocenters. The van der Waals surface area contributed by atoms with Gasteiger partial charge >= 0.3 is 6.09 Å². The number of nitrogens with two attached hydrogens (primary N) is 1. The minimum absolute atomic E-state index is 0.0818. The van der Waals surface area contributed by atoms with E-state index >= 15 is 0 Å². The zero-order valence-corrected chi connectivity index (χ0v) is 10.7. The molecular weight excluding hydrogens is 288 g/mol. The number of carbonyl (C=O) groups is 1. The first kappa shape index (κ1) is 12.0. The SMILES string of the molecule is Nc1ccc(OC2CCN(C(=O)O)C2)cc1Br. The Hall–Kier alpha value is -1.43. The Kier molecular flexibility index (Phi) is 3.42. The second-order valence-electron chi connectivity index (χ2n) is 3.94. The summed E-state index contributed by atoms with van der Waals surface area (Å²) in [6.45, 7) is 0.938. The Bertz CT molecular complexity index is 439. The number of rotatable bonds is 2. The van der Waals surface area contributed by atoms with Crippen molar-refractivity contribution in [3.05, 3.63) is 22.7 Å². The topological polar surface area (TPSA) is 75.8 Å². The van der Waals surface area contributed by atoms with E-state index in [-0.39, 0.29) is 6.10 Å². The van der Waals surface area contributed by atoms with E-state index in [2.05, 4.69) is 15.9 Å². The van der Waals surface area contributed by atoms with Crippen LogP contribution >= 0.6 is 15.9 Å².